The van der Waals surface area contributed by atoms with Crippen molar-refractivity contribution in [2.75, 3.05) is 13.2 Å². The minimum Gasteiger partial charge on any atom is -0.323 e. The Balaban J connectivity index is 1.94. The average molecular weight is 240 g/mol. The topological polar surface area (TPSA) is 32.3 Å². The van der Waals surface area contributed by atoms with Gasteiger partial charge in [0.25, 0.3) is 6.43 Å². The number of alkyl halides is 2. The summed E-state index contributed by atoms with van der Waals surface area (Å²) in [5, 5.41) is 2.95. The van der Waals surface area contributed by atoms with E-state index in [1.807, 2.05) is 30.3 Å². The van der Waals surface area contributed by atoms with E-state index in [2.05, 4.69) is 5.32 Å². The highest BCUT2D eigenvalue weighted by molar-refractivity contribution is 5.84. The van der Waals surface area contributed by atoms with Crippen molar-refractivity contribution in [3.05, 3.63) is 35.9 Å². The normalized spacial score (nSPS) is 20.3. The Morgan fingerprint density at radius 3 is 2.71 bits per heavy atom. The van der Waals surface area contributed by atoms with Gasteiger partial charge in [-0.25, -0.2) is 8.78 Å². The molecule has 1 N–H and O–H groups in total. The zero-order valence-corrected chi connectivity index (χ0v) is 9.27. The van der Waals surface area contributed by atoms with Gasteiger partial charge in [0.2, 0.25) is 5.91 Å². The summed E-state index contributed by atoms with van der Waals surface area (Å²) >= 11 is 0. The Hall–Kier alpha value is -1.49. The zero-order valence-electron chi connectivity index (χ0n) is 9.27. The van der Waals surface area contributed by atoms with Gasteiger partial charge in [-0.1, -0.05) is 30.3 Å². The molecule has 0 bridgehead atoms. The molecule has 1 atom stereocenters. The standard InChI is InChI=1S/C12H14F2N2O/c13-11(14)7-16-8-15-10(12(16)17)6-9-4-2-1-3-5-9/h1-5,10-11,15H,6-8H2. The van der Waals surface area contributed by atoms with Crippen molar-refractivity contribution in [3.63, 3.8) is 0 Å². The molecule has 1 aliphatic heterocycles. The number of nitrogens with one attached hydrogen (secondary N) is 1. The van der Waals surface area contributed by atoms with Gasteiger partial charge < -0.3 is 4.90 Å². The maximum absolute atomic E-state index is 12.2. The third-order valence-electron chi connectivity index (χ3n) is 2.78. The number of carbonyl (C=O) groups excluding carboxylic acids is 1. The van der Waals surface area contributed by atoms with E-state index in [4.69, 9.17) is 0 Å². The van der Waals surface area contributed by atoms with E-state index in [0.29, 0.717) is 6.42 Å². The SMILES string of the molecule is O=C1C(Cc2ccccc2)NCN1CC(F)F. The van der Waals surface area contributed by atoms with Crippen LogP contribution in [0, 0.1) is 0 Å². The lowest BCUT2D eigenvalue weighted by Crippen LogP contribution is -2.34. The molecule has 1 unspecified atom stereocenters. The van der Waals surface area contributed by atoms with Crippen molar-refractivity contribution in [1.82, 2.24) is 10.2 Å². The quantitative estimate of drug-likeness (QED) is 0.859. The number of nitrogens with zero attached hydrogens (tertiary/aromatic N) is 1. The third kappa shape index (κ3) is 3.00. The van der Waals surface area contributed by atoms with Crippen molar-refractivity contribution >= 4 is 5.91 Å². The fraction of sp³-hybridized carbons (Fsp3) is 0.417. The van der Waals surface area contributed by atoms with Gasteiger partial charge in [0, 0.05) is 0 Å². The van der Waals surface area contributed by atoms with Crippen LogP contribution < -0.4 is 5.32 Å². The van der Waals surface area contributed by atoms with Gasteiger partial charge in [-0.3, -0.25) is 10.1 Å². The molecule has 0 aromatic heterocycles. The van der Waals surface area contributed by atoms with Crippen molar-refractivity contribution in [2.24, 2.45) is 0 Å². The molecule has 0 aliphatic carbocycles. The molecular weight excluding hydrogens is 226 g/mol. The summed E-state index contributed by atoms with van der Waals surface area (Å²) < 4.78 is 24.4. The second-order valence-corrected chi connectivity index (χ2v) is 4.06. The number of carbonyl (C=O) groups is 1. The van der Waals surface area contributed by atoms with E-state index >= 15 is 0 Å². The van der Waals surface area contributed by atoms with Crippen LogP contribution in [0.1, 0.15) is 5.56 Å². The summed E-state index contributed by atoms with van der Waals surface area (Å²) in [6.45, 7) is -0.280. The van der Waals surface area contributed by atoms with Crippen LogP contribution in [0.5, 0.6) is 0 Å². The number of hydrogen-bond acceptors (Lipinski definition) is 2. The molecule has 3 nitrogen and oxygen atoms in total. The molecule has 5 heteroatoms. The highest BCUT2D eigenvalue weighted by Crippen LogP contribution is 2.11. The Morgan fingerprint density at radius 2 is 2.06 bits per heavy atom. The van der Waals surface area contributed by atoms with Gasteiger partial charge in [-0.2, -0.15) is 0 Å². The summed E-state index contributed by atoms with van der Waals surface area (Å²) in [5.74, 6) is -0.242. The number of halogens is 2. The highest BCUT2D eigenvalue weighted by Gasteiger charge is 2.32. The Bertz CT molecular complexity index is 383. The monoisotopic (exact) mass is 240 g/mol. The molecule has 0 spiro atoms. The number of amides is 1. The second kappa shape index (κ2) is 5.23. The predicted octanol–water partition coefficient (Wildman–Crippen LogP) is 1.25. The van der Waals surface area contributed by atoms with Crippen LogP contribution >= 0.6 is 0 Å². The first-order chi connectivity index (χ1) is 8.16. The molecule has 92 valence electrons. The number of rotatable bonds is 4. The van der Waals surface area contributed by atoms with Gasteiger partial charge in [0.1, 0.15) is 0 Å². The third-order valence-corrected chi connectivity index (χ3v) is 2.78. The van der Waals surface area contributed by atoms with Crippen molar-refractivity contribution in [1.29, 1.82) is 0 Å². The van der Waals surface area contributed by atoms with E-state index in [0.717, 1.165) is 10.5 Å². The second-order valence-electron chi connectivity index (χ2n) is 4.06. The van der Waals surface area contributed by atoms with Crippen LogP contribution in [0.4, 0.5) is 8.78 Å². The smallest absolute Gasteiger partial charge is 0.255 e. The lowest BCUT2D eigenvalue weighted by atomic mass is 10.1. The van der Waals surface area contributed by atoms with Gasteiger partial charge in [-0.05, 0) is 12.0 Å². The van der Waals surface area contributed by atoms with Gasteiger partial charge >= 0.3 is 0 Å². The molecule has 0 saturated carbocycles. The van der Waals surface area contributed by atoms with Crippen LogP contribution in [0.2, 0.25) is 0 Å². The zero-order chi connectivity index (χ0) is 12.3. The molecule has 2 rings (SSSR count). The van der Waals surface area contributed by atoms with Gasteiger partial charge in [-0.15, -0.1) is 0 Å². The summed E-state index contributed by atoms with van der Waals surface area (Å²) in [4.78, 5) is 12.9. The largest absolute Gasteiger partial charge is 0.323 e. The van der Waals surface area contributed by atoms with Crippen LogP contribution in [-0.2, 0) is 11.2 Å². The van der Waals surface area contributed by atoms with E-state index in [9.17, 15) is 13.6 Å². The van der Waals surface area contributed by atoms with E-state index in [-0.39, 0.29) is 18.6 Å². The van der Waals surface area contributed by atoms with Crippen LogP contribution in [-0.4, -0.2) is 36.5 Å². The molecule has 1 aromatic rings. The fourth-order valence-electron chi connectivity index (χ4n) is 1.94. The van der Waals surface area contributed by atoms with E-state index in [1.165, 1.54) is 0 Å². The predicted molar refractivity (Wildman–Crippen MR) is 59.7 cm³/mol. The average Bonchev–Trinajstić information content (AvgIpc) is 2.62. The molecular formula is C12H14F2N2O. The molecule has 17 heavy (non-hydrogen) atoms. The minimum atomic E-state index is -2.48. The van der Waals surface area contributed by atoms with Crippen LogP contribution in [0.25, 0.3) is 0 Å². The number of hydrogen-bond donors (Lipinski definition) is 1. The number of benzene rings is 1. The summed E-state index contributed by atoms with van der Waals surface area (Å²) in [6.07, 6.45) is -1.93. The Kier molecular flexibility index (Phi) is 3.68. The summed E-state index contributed by atoms with van der Waals surface area (Å²) in [6, 6.07) is 9.15. The molecule has 1 aliphatic rings. The molecule has 1 saturated heterocycles. The molecule has 1 amide bonds. The Labute approximate surface area is 98.4 Å². The maximum Gasteiger partial charge on any atom is 0.255 e. The molecule has 1 aromatic carbocycles. The minimum absolute atomic E-state index is 0.209. The van der Waals surface area contributed by atoms with Crippen LogP contribution in [0.15, 0.2) is 30.3 Å². The fourth-order valence-corrected chi connectivity index (χ4v) is 1.94. The first kappa shape index (κ1) is 12.0. The Morgan fingerprint density at radius 1 is 1.35 bits per heavy atom. The molecule has 1 heterocycles. The van der Waals surface area contributed by atoms with Gasteiger partial charge in [0.05, 0.1) is 19.3 Å². The van der Waals surface area contributed by atoms with E-state index < -0.39 is 13.0 Å². The maximum atomic E-state index is 12.2. The van der Waals surface area contributed by atoms with Crippen molar-refractivity contribution in [3.8, 4) is 0 Å². The summed E-state index contributed by atoms with van der Waals surface area (Å²) in [5.41, 5.74) is 1.03. The first-order valence-electron chi connectivity index (χ1n) is 5.51. The summed E-state index contributed by atoms with van der Waals surface area (Å²) in [7, 11) is 0. The van der Waals surface area contributed by atoms with Crippen molar-refractivity contribution in [2.45, 2.75) is 18.9 Å². The van der Waals surface area contributed by atoms with Gasteiger partial charge in [0.15, 0.2) is 0 Å². The van der Waals surface area contributed by atoms with E-state index in [1.54, 1.807) is 0 Å². The molecule has 0 radical (unpaired) electrons. The lowest BCUT2D eigenvalue weighted by Gasteiger charge is -2.14. The van der Waals surface area contributed by atoms with Crippen LogP contribution in [0.3, 0.4) is 0 Å². The lowest BCUT2D eigenvalue weighted by molar-refractivity contribution is -0.130. The highest BCUT2D eigenvalue weighted by atomic mass is 19.3. The van der Waals surface area contributed by atoms with Crippen molar-refractivity contribution < 1.29 is 13.6 Å². The first-order valence-corrected chi connectivity index (χ1v) is 5.51. The molecule has 1 fully saturated rings.